The van der Waals surface area contributed by atoms with Crippen LogP contribution in [-0.2, 0) is 36.7 Å². The van der Waals surface area contributed by atoms with Crippen LogP contribution >= 0.6 is 0 Å². The number of aliphatic hydroxyl groups excluding tert-OH is 1. The van der Waals surface area contributed by atoms with Gasteiger partial charge in [-0.25, -0.2) is 0 Å². The molecule has 1 N–H and O–H groups in total. The van der Waals surface area contributed by atoms with Crippen LogP contribution in [0.5, 0.6) is 0 Å². The van der Waals surface area contributed by atoms with E-state index in [1.165, 1.54) is 11.6 Å². The monoisotopic (exact) mass is 937 g/mol. The number of ketones is 1. The summed E-state index contributed by atoms with van der Waals surface area (Å²) in [6, 6.07) is 23.3. The number of fused-ring (bicyclic) bond motifs is 6. The molecule has 0 atom stereocenters. The molecule has 0 fully saturated rings. The number of aryl methyl sites for hydroxylation is 1. The van der Waals surface area contributed by atoms with E-state index in [-0.39, 0.29) is 65.3 Å². The van der Waals surface area contributed by atoms with Gasteiger partial charge in [0.1, 0.15) is 17.2 Å². The first kappa shape index (κ1) is 37.7. The van der Waals surface area contributed by atoms with Gasteiger partial charge in [0.2, 0.25) is 5.71 Å². The van der Waals surface area contributed by atoms with Crippen molar-refractivity contribution < 1.29 is 41.3 Å². The number of aliphatic hydroxyl groups is 1. The van der Waals surface area contributed by atoms with Gasteiger partial charge in [-0.1, -0.05) is 136 Å². The molecule has 0 amide bonds. The Morgan fingerprint density at radius 2 is 1.50 bits per heavy atom. The van der Waals surface area contributed by atoms with Crippen LogP contribution in [0.3, 0.4) is 0 Å². The third-order valence-corrected chi connectivity index (χ3v) is 12.6. The summed E-state index contributed by atoms with van der Waals surface area (Å²) in [5, 5.41) is 15.2. The zero-order valence-corrected chi connectivity index (χ0v) is 37.6. The van der Waals surface area contributed by atoms with Gasteiger partial charge in [-0.15, -0.1) is 29.1 Å². The Kier molecular flexibility index (Phi) is 12.2. The van der Waals surface area contributed by atoms with E-state index in [1.54, 1.807) is 6.07 Å². The average molecular weight is 937 g/mol. The maximum atomic E-state index is 12.2. The molecule has 5 nitrogen and oxygen atoms in total. The molecule has 301 valence electrons. The Bertz CT molecular complexity index is 2540. The van der Waals surface area contributed by atoms with Gasteiger partial charge < -0.3 is 9.52 Å². The zero-order valence-electron chi connectivity index (χ0n) is 40.2. The van der Waals surface area contributed by atoms with Gasteiger partial charge in [-0.05, 0) is 74.0 Å². The van der Waals surface area contributed by atoms with E-state index in [1.807, 2.05) is 97.9 Å². The number of benzene rings is 4. The van der Waals surface area contributed by atoms with Crippen molar-refractivity contribution in [3.63, 3.8) is 0 Å². The number of furan rings is 1. The summed E-state index contributed by atoms with van der Waals surface area (Å²) in [5.41, 5.74) is 3.02. The Balaban J connectivity index is 0.000000388. The van der Waals surface area contributed by atoms with Gasteiger partial charge in [0.15, 0.2) is 5.78 Å². The molecule has 1 radical (unpaired) electrons. The molecule has 0 aliphatic heterocycles. The van der Waals surface area contributed by atoms with Crippen molar-refractivity contribution in [2.24, 2.45) is 16.7 Å². The molecule has 2 heterocycles. The second-order valence-corrected chi connectivity index (χ2v) is 16.2. The predicted molar refractivity (Wildman–Crippen MR) is 233 cm³/mol. The first-order valence-electron chi connectivity index (χ1n) is 22.7. The molecular weight excluding hydrogens is 869 g/mol. The van der Waals surface area contributed by atoms with E-state index in [9.17, 15) is 9.90 Å². The van der Waals surface area contributed by atoms with Gasteiger partial charge in [-0.3, -0.25) is 9.78 Å². The number of hydrogen-bond donors (Lipinski definition) is 1. The Morgan fingerprint density at radius 1 is 0.857 bits per heavy atom. The summed E-state index contributed by atoms with van der Waals surface area (Å²) in [5.74, 6) is -0.183. The second-order valence-electron chi connectivity index (χ2n) is 16.2. The largest absolute Gasteiger partial charge is 0.512 e. The quantitative estimate of drug-likeness (QED) is 0.0709. The topological polar surface area (TPSA) is 76.2 Å². The third-order valence-electron chi connectivity index (χ3n) is 12.6. The molecule has 0 aliphatic rings. The normalized spacial score (nSPS) is 14.5. The molecule has 6 aromatic rings. The van der Waals surface area contributed by atoms with Crippen LogP contribution in [-0.4, -0.2) is 20.9 Å². The molecule has 0 saturated carbocycles. The number of rotatable bonds is 13. The van der Waals surface area contributed by atoms with Crippen LogP contribution in [0.25, 0.3) is 54.9 Å². The average Bonchev–Trinajstić information content (AvgIpc) is 3.63. The predicted octanol–water partition coefficient (Wildman–Crippen LogP) is 14.4. The smallest absolute Gasteiger partial charge is 0.223 e. The summed E-state index contributed by atoms with van der Waals surface area (Å²) < 4.78 is 47.9. The summed E-state index contributed by atoms with van der Waals surface area (Å²) >= 11 is 0. The first-order chi connectivity index (χ1) is 28.1. The number of carbonyl (C=O) groups is 1. The van der Waals surface area contributed by atoms with E-state index in [2.05, 4.69) is 48.9 Å². The van der Waals surface area contributed by atoms with E-state index in [0.29, 0.717) is 27.8 Å². The number of hydrogen-bond acceptors (Lipinski definition) is 5. The van der Waals surface area contributed by atoms with E-state index in [4.69, 9.17) is 11.3 Å². The standard InChI is InChI=1S/C35H35N2O.C15H28O2.Ir/c1-7-35(6,8-2)30-20-26(19-24-11-9-10-12-27(24)30)32-31-29-16-14-25-18-23(17-21(3)4)13-15-28(25)33(29)38-34(31)37-22(5)36-32;1-7-14(5,8-2)12(16)11-13(17)15(6,9-3)10-4;/h9-16,18,20-21H,7-8,17H2,1-6H3;11,16H,7-10H2,1-6H3;/q-1;;/b;12-11-;/i5D3,17D2;;. The van der Waals surface area contributed by atoms with Crippen LogP contribution < -0.4 is 0 Å². The third kappa shape index (κ3) is 8.82. The fourth-order valence-electron chi connectivity index (χ4n) is 7.25. The van der Waals surface area contributed by atoms with E-state index < -0.39 is 13.2 Å². The first-order valence-corrected chi connectivity index (χ1v) is 20.2. The van der Waals surface area contributed by atoms with E-state index >= 15 is 0 Å². The Morgan fingerprint density at radius 3 is 2.11 bits per heavy atom. The Labute approximate surface area is 356 Å². The molecule has 0 bridgehead atoms. The Hall–Kier alpha value is -3.86. The van der Waals surface area contributed by atoms with Crippen molar-refractivity contribution in [2.75, 3.05) is 0 Å². The van der Waals surface area contributed by atoms with Gasteiger partial charge in [-0.2, -0.15) is 4.98 Å². The van der Waals surface area contributed by atoms with Crippen LogP contribution in [0.1, 0.15) is 138 Å². The molecule has 0 saturated heterocycles. The fraction of sp³-hybridized carbons (Fsp3) is 0.460. The number of carbonyl (C=O) groups excluding carboxylic acids is 1. The van der Waals surface area contributed by atoms with Gasteiger partial charge in [0.05, 0.1) is 0 Å². The minimum atomic E-state index is -2.54. The van der Waals surface area contributed by atoms with Crippen LogP contribution in [0.15, 0.2) is 76.9 Å². The van der Waals surface area contributed by atoms with Crippen molar-refractivity contribution in [3.05, 3.63) is 95.5 Å². The van der Waals surface area contributed by atoms with Crippen molar-refractivity contribution in [3.8, 4) is 11.3 Å². The molecule has 6 heteroatoms. The summed E-state index contributed by atoms with van der Waals surface area (Å²) in [6.45, 7) is 19.9. The minimum absolute atomic E-state index is 0. The van der Waals surface area contributed by atoms with Crippen molar-refractivity contribution >= 4 is 49.4 Å². The van der Waals surface area contributed by atoms with Crippen molar-refractivity contribution in [1.29, 1.82) is 0 Å². The van der Waals surface area contributed by atoms with Gasteiger partial charge >= 0.3 is 0 Å². The summed E-state index contributed by atoms with van der Waals surface area (Å²) in [7, 11) is 0. The molecule has 0 unspecified atom stereocenters. The maximum Gasteiger partial charge on any atom is 0.223 e. The van der Waals surface area contributed by atoms with Crippen LogP contribution in [0.4, 0.5) is 0 Å². The second kappa shape index (κ2) is 18.2. The fourth-order valence-corrected chi connectivity index (χ4v) is 7.25. The number of aromatic nitrogens is 2. The SMILES string of the molecule is CCC(C)(CC)C(=O)/C=C(\O)C(C)(CC)CC.[2H]C([2H])([2H])c1nc(-c2[c-]c3ccccc3c(C(C)(CC)CC)c2)c2c(n1)oc1c3ccc(C([2H])([2H])C(C)C)cc3ccc12.[Ir]. The summed E-state index contributed by atoms with van der Waals surface area (Å²) in [6.07, 6.45) is 5.14. The van der Waals surface area contributed by atoms with Gasteiger partial charge in [0.25, 0.3) is 0 Å². The molecule has 2 aromatic heterocycles. The molecule has 4 aromatic carbocycles. The van der Waals surface area contributed by atoms with E-state index in [0.717, 1.165) is 65.5 Å². The summed E-state index contributed by atoms with van der Waals surface area (Å²) in [4.78, 5) is 21.3. The number of allylic oxidation sites excluding steroid dienone is 2. The molecule has 6 rings (SSSR count). The van der Waals surface area contributed by atoms with Crippen molar-refractivity contribution in [2.45, 2.75) is 133 Å². The maximum absolute atomic E-state index is 12.2. The van der Waals surface area contributed by atoms with Crippen LogP contribution in [0, 0.1) is 29.7 Å². The molecule has 0 aliphatic carbocycles. The van der Waals surface area contributed by atoms with Gasteiger partial charge in [0, 0.05) is 65.7 Å². The van der Waals surface area contributed by atoms with Crippen LogP contribution in [0.2, 0.25) is 0 Å². The molecular formula is C50H63IrN2O3-. The zero-order chi connectivity index (χ0) is 44.6. The minimum Gasteiger partial charge on any atom is -0.512 e. The number of nitrogens with zero attached hydrogens (tertiary/aromatic N) is 2. The molecule has 0 spiro atoms. The molecule has 56 heavy (non-hydrogen) atoms. The van der Waals surface area contributed by atoms with Crippen molar-refractivity contribution in [1.82, 2.24) is 9.97 Å².